The predicted molar refractivity (Wildman–Crippen MR) is 161 cm³/mol. The first-order valence-corrected chi connectivity index (χ1v) is 14.7. The third-order valence-electron chi connectivity index (χ3n) is 8.14. The number of ether oxygens (including phenoxy) is 5. The molecule has 2 saturated heterocycles. The van der Waals surface area contributed by atoms with Crippen molar-refractivity contribution >= 4 is 17.8 Å². The molecule has 44 heavy (non-hydrogen) atoms. The zero-order valence-corrected chi connectivity index (χ0v) is 25.8. The Labute approximate surface area is 258 Å². The summed E-state index contributed by atoms with van der Waals surface area (Å²) >= 11 is 0. The first-order chi connectivity index (χ1) is 21.0. The lowest BCUT2D eigenvalue weighted by atomic mass is 9.76. The molecule has 9 heteroatoms. The SMILES string of the molecule is COc1ccc(CN2C(=O)[C@@H]3C[C@@H](OCc4ccccc4)O[C@]3(C)[C@]2(C(=O)OCc2ccccc2)C(=O)OC(C)(C)C)cc1. The fourth-order valence-corrected chi connectivity index (χ4v) is 5.98. The number of rotatable bonds is 10. The van der Waals surface area contributed by atoms with Crippen molar-refractivity contribution in [3.63, 3.8) is 0 Å². The Kier molecular flexibility index (Phi) is 8.81. The van der Waals surface area contributed by atoms with Gasteiger partial charge in [-0.2, -0.15) is 0 Å². The molecule has 0 aliphatic carbocycles. The Bertz CT molecular complexity index is 1470. The van der Waals surface area contributed by atoms with Gasteiger partial charge in [0.1, 0.15) is 23.6 Å². The van der Waals surface area contributed by atoms with Crippen molar-refractivity contribution in [2.45, 2.75) is 76.9 Å². The molecule has 4 atom stereocenters. The van der Waals surface area contributed by atoms with Crippen LogP contribution in [0.3, 0.4) is 0 Å². The molecule has 2 fully saturated rings. The third-order valence-corrected chi connectivity index (χ3v) is 8.14. The van der Waals surface area contributed by atoms with Crippen LogP contribution in [-0.4, -0.2) is 52.9 Å². The van der Waals surface area contributed by atoms with E-state index in [2.05, 4.69) is 0 Å². The molecular formula is C35H39NO8. The fourth-order valence-electron chi connectivity index (χ4n) is 5.98. The summed E-state index contributed by atoms with van der Waals surface area (Å²) in [5.41, 5.74) is -2.57. The predicted octanol–water partition coefficient (Wildman–Crippen LogP) is 5.20. The van der Waals surface area contributed by atoms with E-state index in [4.69, 9.17) is 23.7 Å². The summed E-state index contributed by atoms with van der Waals surface area (Å²) in [6.45, 7) is 6.80. The van der Waals surface area contributed by atoms with Crippen LogP contribution in [0.15, 0.2) is 84.9 Å². The summed E-state index contributed by atoms with van der Waals surface area (Å²) < 4.78 is 29.6. The van der Waals surface area contributed by atoms with Gasteiger partial charge in [-0.1, -0.05) is 72.8 Å². The number of carbonyl (C=O) groups excluding carboxylic acids is 3. The summed E-state index contributed by atoms with van der Waals surface area (Å²) in [6, 6.07) is 25.8. The fraction of sp³-hybridized carbons (Fsp3) is 0.400. The molecule has 3 aromatic rings. The molecule has 0 bridgehead atoms. The number of benzene rings is 3. The molecular weight excluding hydrogens is 562 g/mol. The maximum Gasteiger partial charge on any atom is 0.347 e. The molecule has 2 aliphatic heterocycles. The van der Waals surface area contributed by atoms with Gasteiger partial charge in [-0.25, -0.2) is 9.59 Å². The second-order valence-corrected chi connectivity index (χ2v) is 12.3. The number of amides is 1. The highest BCUT2D eigenvalue weighted by Crippen LogP contribution is 2.55. The molecule has 0 radical (unpaired) electrons. The molecule has 3 aromatic carbocycles. The number of hydrogen-bond acceptors (Lipinski definition) is 8. The molecule has 9 nitrogen and oxygen atoms in total. The van der Waals surface area contributed by atoms with Gasteiger partial charge in [0.25, 0.3) is 5.54 Å². The van der Waals surface area contributed by atoms with Gasteiger partial charge in [-0.3, -0.25) is 4.79 Å². The summed E-state index contributed by atoms with van der Waals surface area (Å²) in [7, 11) is 1.56. The van der Waals surface area contributed by atoms with Gasteiger partial charge < -0.3 is 28.6 Å². The van der Waals surface area contributed by atoms with Crippen molar-refractivity contribution in [2.24, 2.45) is 5.92 Å². The van der Waals surface area contributed by atoms with Gasteiger partial charge in [0, 0.05) is 13.0 Å². The number of nitrogens with zero attached hydrogens (tertiary/aromatic N) is 1. The number of esters is 2. The quantitative estimate of drug-likeness (QED) is 0.231. The lowest BCUT2D eigenvalue weighted by Gasteiger charge is -2.43. The number of carbonyl (C=O) groups is 3. The van der Waals surface area contributed by atoms with E-state index in [-0.39, 0.29) is 26.2 Å². The van der Waals surface area contributed by atoms with Crippen LogP contribution in [-0.2, 0) is 53.1 Å². The summed E-state index contributed by atoms with van der Waals surface area (Å²) in [6.07, 6.45) is -0.696. The topological polar surface area (TPSA) is 101 Å². The van der Waals surface area contributed by atoms with Crippen LogP contribution < -0.4 is 4.74 Å². The van der Waals surface area contributed by atoms with Crippen molar-refractivity contribution in [1.29, 1.82) is 0 Å². The van der Waals surface area contributed by atoms with Crippen molar-refractivity contribution < 1.29 is 38.1 Å². The highest BCUT2D eigenvalue weighted by Gasteiger charge is 2.79. The Morgan fingerprint density at radius 2 is 1.45 bits per heavy atom. The van der Waals surface area contributed by atoms with Crippen LogP contribution >= 0.6 is 0 Å². The highest BCUT2D eigenvalue weighted by molar-refractivity contribution is 6.13. The van der Waals surface area contributed by atoms with E-state index in [9.17, 15) is 14.4 Å². The Morgan fingerprint density at radius 3 is 2.02 bits per heavy atom. The van der Waals surface area contributed by atoms with Crippen molar-refractivity contribution in [2.75, 3.05) is 7.11 Å². The van der Waals surface area contributed by atoms with Crippen LogP contribution in [0.1, 0.15) is 50.8 Å². The van der Waals surface area contributed by atoms with E-state index in [1.54, 1.807) is 59.1 Å². The normalized spacial score (nSPS) is 24.6. The lowest BCUT2D eigenvalue weighted by Crippen LogP contribution is -2.69. The van der Waals surface area contributed by atoms with E-state index in [1.165, 1.54) is 4.90 Å². The highest BCUT2D eigenvalue weighted by atomic mass is 16.7. The van der Waals surface area contributed by atoms with Gasteiger partial charge in [0.15, 0.2) is 6.29 Å². The molecule has 0 unspecified atom stereocenters. The molecule has 5 rings (SSSR count). The van der Waals surface area contributed by atoms with E-state index in [0.29, 0.717) is 11.3 Å². The molecule has 2 heterocycles. The van der Waals surface area contributed by atoms with E-state index in [0.717, 1.165) is 11.1 Å². The van der Waals surface area contributed by atoms with Crippen LogP contribution in [0.25, 0.3) is 0 Å². The lowest BCUT2D eigenvalue weighted by molar-refractivity contribution is -0.223. The minimum Gasteiger partial charge on any atom is -0.497 e. The van der Waals surface area contributed by atoms with Gasteiger partial charge in [0.05, 0.1) is 19.6 Å². The Hall–Kier alpha value is -4.21. The molecule has 0 aromatic heterocycles. The molecule has 0 spiro atoms. The summed E-state index contributed by atoms with van der Waals surface area (Å²) in [4.78, 5) is 44.6. The number of fused-ring (bicyclic) bond motifs is 1. The molecule has 2 aliphatic rings. The third kappa shape index (κ3) is 5.94. The van der Waals surface area contributed by atoms with E-state index < -0.39 is 46.8 Å². The first-order valence-electron chi connectivity index (χ1n) is 14.7. The number of methoxy groups -OCH3 is 1. The standard InChI is InChI=1S/C35H39NO8/c1-33(2,3)44-32(39)35(31(38)42-23-26-14-10-7-11-15-26)34(4)28(20-29(43-34)41-22-25-12-8-6-9-13-25)30(37)36(35)21-24-16-18-27(40-5)19-17-24/h6-19,28-29H,20-23H2,1-5H3/t28-,29-,34-,35-/m0/s1. The number of likely N-dealkylation sites (tertiary alicyclic amines) is 1. The maximum atomic E-state index is 14.5. The Balaban J connectivity index is 1.56. The van der Waals surface area contributed by atoms with E-state index in [1.807, 2.05) is 60.7 Å². The van der Waals surface area contributed by atoms with Crippen LogP contribution in [0.4, 0.5) is 0 Å². The molecule has 232 valence electrons. The average Bonchev–Trinajstić information content (AvgIpc) is 3.43. The summed E-state index contributed by atoms with van der Waals surface area (Å²) in [5.74, 6) is -2.51. The largest absolute Gasteiger partial charge is 0.497 e. The zero-order chi connectivity index (χ0) is 31.5. The molecule has 1 amide bonds. The second kappa shape index (κ2) is 12.4. The minimum absolute atomic E-state index is 0.0620. The van der Waals surface area contributed by atoms with Crippen LogP contribution in [0.5, 0.6) is 5.75 Å². The van der Waals surface area contributed by atoms with Crippen molar-refractivity contribution in [3.8, 4) is 5.75 Å². The van der Waals surface area contributed by atoms with Gasteiger partial charge >= 0.3 is 11.9 Å². The van der Waals surface area contributed by atoms with Gasteiger partial charge in [-0.15, -0.1) is 0 Å². The Morgan fingerprint density at radius 1 is 0.864 bits per heavy atom. The van der Waals surface area contributed by atoms with Crippen molar-refractivity contribution in [3.05, 3.63) is 102 Å². The number of hydrogen-bond donors (Lipinski definition) is 0. The maximum absolute atomic E-state index is 14.5. The monoisotopic (exact) mass is 601 g/mol. The molecule has 0 saturated carbocycles. The average molecular weight is 602 g/mol. The van der Waals surface area contributed by atoms with Crippen LogP contribution in [0.2, 0.25) is 0 Å². The van der Waals surface area contributed by atoms with Gasteiger partial charge in [0.2, 0.25) is 5.91 Å². The van der Waals surface area contributed by atoms with E-state index >= 15 is 0 Å². The van der Waals surface area contributed by atoms with Crippen LogP contribution in [0, 0.1) is 5.92 Å². The summed E-state index contributed by atoms with van der Waals surface area (Å²) in [5, 5.41) is 0. The first kappa shape index (κ1) is 31.2. The minimum atomic E-state index is -2.26. The molecule has 0 N–H and O–H groups in total. The van der Waals surface area contributed by atoms with Gasteiger partial charge in [-0.05, 0) is 56.5 Å². The zero-order valence-electron chi connectivity index (χ0n) is 25.8. The van der Waals surface area contributed by atoms with Crippen molar-refractivity contribution in [1.82, 2.24) is 4.90 Å². The second-order valence-electron chi connectivity index (χ2n) is 12.3. The smallest absolute Gasteiger partial charge is 0.347 e.